The highest BCUT2D eigenvalue weighted by atomic mass is 32.1. The predicted molar refractivity (Wildman–Crippen MR) is 86.5 cm³/mol. The second-order valence-electron chi connectivity index (χ2n) is 4.97. The van der Waals surface area contributed by atoms with Gasteiger partial charge in [0.15, 0.2) is 0 Å². The summed E-state index contributed by atoms with van der Waals surface area (Å²) in [5.41, 5.74) is 0.865. The van der Waals surface area contributed by atoms with Crippen LogP contribution in [-0.2, 0) is 13.0 Å². The van der Waals surface area contributed by atoms with Crippen LogP contribution in [0.4, 0.5) is 4.39 Å². The summed E-state index contributed by atoms with van der Waals surface area (Å²) in [6, 6.07) is 9.01. The van der Waals surface area contributed by atoms with Crippen molar-refractivity contribution in [1.29, 1.82) is 0 Å². The average molecular weight is 307 g/mol. The highest BCUT2D eigenvalue weighted by molar-refractivity contribution is 7.11. The number of rotatable bonds is 7. The van der Waals surface area contributed by atoms with Gasteiger partial charge in [0, 0.05) is 21.4 Å². The second-order valence-corrected chi connectivity index (χ2v) is 6.22. The molecule has 0 spiro atoms. The first kappa shape index (κ1) is 16.0. The lowest BCUT2D eigenvalue weighted by Gasteiger charge is -2.17. The normalized spacial score (nSPS) is 12.4. The Balaban J connectivity index is 2.11. The van der Waals surface area contributed by atoms with Crippen LogP contribution in [-0.4, -0.2) is 6.54 Å². The van der Waals surface area contributed by atoms with Gasteiger partial charge in [-0.05, 0) is 50.2 Å². The minimum absolute atomic E-state index is 0.0650. The molecule has 1 N–H and O–H groups in total. The standard InChI is InChI=1S/C17H22FNOS/c1-4-14-7-8-15(21-14)11-20-17-9-6-13(18)10-16(17)12(3)19-5-2/h6-10,12,19H,4-5,11H2,1-3H3. The molecule has 1 unspecified atom stereocenters. The zero-order chi connectivity index (χ0) is 15.2. The molecular formula is C17H22FNOS. The SMILES string of the molecule is CCNC(C)c1cc(F)ccc1OCc1ccc(CC)s1. The van der Waals surface area contributed by atoms with E-state index in [4.69, 9.17) is 4.74 Å². The van der Waals surface area contributed by atoms with Gasteiger partial charge >= 0.3 is 0 Å². The maximum atomic E-state index is 13.5. The first-order valence-electron chi connectivity index (χ1n) is 7.37. The van der Waals surface area contributed by atoms with Crippen molar-refractivity contribution < 1.29 is 9.13 Å². The van der Waals surface area contributed by atoms with Gasteiger partial charge < -0.3 is 10.1 Å². The predicted octanol–water partition coefficient (Wildman–Crippen LogP) is 4.70. The van der Waals surface area contributed by atoms with Gasteiger partial charge in [0.1, 0.15) is 18.2 Å². The zero-order valence-electron chi connectivity index (χ0n) is 12.8. The van der Waals surface area contributed by atoms with E-state index in [9.17, 15) is 4.39 Å². The Hall–Kier alpha value is -1.39. The van der Waals surface area contributed by atoms with Gasteiger partial charge in [0.25, 0.3) is 0 Å². The third-order valence-corrected chi connectivity index (χ3v) is 4.59. The Kier molecular flexibility index (Phi) is 5.76. The number of benzene rings is 1. The molecule has 1 aromatic heterocycles. The van der Waals surface area contributed by atoms with Crippen LogP contribution in [0.25, 0.3) is 0 Å². The van der Waals surface area contributed by atoms with Crippen LogP contribution >= 0.6 is 11.3 Å². The number of nitrogens with one attached hydrogen (secondary N) is 1. The molecule has 2 rings (SSSR count). The van der Waals surface area contributed by atoms with E-state index in [0.29, 0.717) is 6.61 Å². The molecular weight excluding hydrogens is 285 g/mol. The molecule has 0 amide bonds. The summed E-state index contributed by atoms with van der Waals surface area (Å²) in [6.07, 6.45) is 1.05. The number of halogens is 1. The monoisotopic (exact) mass is 307 g/mol. The van der Waals surface area contributed by atoms with Crippen molar-refractivity contribution >= 4 is 11.3 Å². The lowest BCUT2D eigenvalue weighted by molar-refractivity contribution is 0.302. The Bertz CT molecular complexity index is 582. The molecule has 0 radical (unpaired) electrons. The van der Waals surface area contributed by atoms with Crippen molar-refractivity contribution in [3.05, 3.63) is 51.5 Å². The fraction of sp³-hybridized carbons (Fsp3) is 0.412. The number of ether oxygens (including phenoxy) is 1. The lowest BCUT2D eigenvalue weighted by atomic mass is 10.1. The maximum Gasteiger partial charge on any atom is 0.124 e. The molecule has 1 heterocycles. The van der Waals surface area contributed by atoms with Crippen LogP contribution in [0.5, 0.6) is 5.75 Å². The smallest absolute Gasteiger partial charge is 0.124 e. The van der Waals surface area contributed by atoms with Crippen LogP contribution < -0.4 is 10.1 Å². The number of thiophene rings is 1. The van der Waals surface area contributed by atoms with E-state index < -0.39 is 0 Å². The number of hydrogen-bond donors (Lipinski definition) is 1. The van der Waals surface area contributed by atoms with Crippen molar-refractivity contribution in [3.63, 3.8) is 0 Å². The van der Waals surface area contributed by atoms with E-state index in [1.165, 1.54) is 15.8 Å². The van der Waals surface area contributed by atoms with E-state index in [1.807, 2.05) is 13.8 Å². The van der Waals surface area contributed by atoms with E-state index in [0.717, 1.165) is 24.3 Å². The van der Waals surface area contributed by atoms with Crippen molar-refractivity contribution in [1.82, 2.24) is 5.32 Å². The molecule has 1 aromatic carbocycles. The van der Waals surface area contributed by atoms with Gasteiger partial charge in [-0.15, -0.1) is 11.3 Å². The summed E-state index contributed by atoms with van der Waals surface area (Å²) in [4.78, 5) is 2.55. The minimum Gasteiger partial charge on any atom is -0.488 e. The van der Waals surface area contributed by atoms with Crippen LogP contribution in [0, 0.1) is 5.82 Å². The number of aryl methyl sites for hydroxylation is 1. The van der Waals surface area contributed by atoms with Crippen molar-refractivity contribution in [2.24, 2.45) is 0 Å². The highest BCUT2D eigenvalue weighted by Gasteiger charge is 2.12. The molecule has 0 saturated heterocycles. The van der Waals surface area contributed by atoms with Crippen LogP contribution in [0.3, 0.4) is 0 Å². The highest BCUT2D eigenvalue weighted by Crippen LogP contribution is 2.28. The first-order chi connectivity index (χ1) is 10.1. The Morgan fingerprint density at radius 3 is 2.62 bits per heavy atom. The van der Waals surface area contributed by atoms with Gasteiger partial charge in [0.05, 0.1) is 0 Å². The van der Waals surface area contributed by atoms with Crippen molar-refractivity contribution in [2.75, 3.05) is 6.54 Å². The molecule has 0 aliphatic rings. The van der Waals surface area contributed by atoms with Crippen LogP contribution in [0.1, 0.15) is 42.1 Å². The van der Waals surface area contributed by atoms with Gasteiger partial charge in [-0.3, -0.25) is 0 Å². The summed E-state index contributed by atoms with van der Waals surface area (Å²) in [5, 5.41) is 3.30. The summed E-state index contributed by atoms with van der Waals surface area (Å²) in [6.45, 7) is 7.57. The third kappa shape index (κ3) is 4.29. The Labute approximate surface area is 130 Å². The van der Waals surface area contributed by atoms with Crippen molar-refractivity contribution in [2.45, 2.75) is 39.8 Å². The molecule has 2 nitrogen and oxygen atoms in total. The summed E-state index contributed by atoms with van der Waals surface area (Å²) < 4.78 is 19.4. The fourth-order valence-electron chi connectivity index (χ4n) is 2.24. The Morgan fingerprint density at radius 1 is 1.19 bits per heavy atom. The van der Waals surface area contributed by atoms with Crippen LogP contribution in [0.2, 0.25) is 0 Å². The van der Waals surface area contributed by atoms with Gasteiger partial charge in [0.2, 0.25) is 0 Å². The molecule has 0 fully saturated rings. The summed E-state index contributed by atoms with van der Waals surface area (Å²) >= 11 is 1.77. The second kappa shape index (κ2) is 7.57. The first-order valence-corrected chi connectivity index (χ1v) is 8.18. The molecule has 1 atom stereocenters. The minimum atomic E-state index is -0.230. The van der Waals surface area contributed by atoms with E-state index in [1.54, 1.807) is 23.5 Å². The third-order valence-electron chi connectivity index (χ3n) is 3.38. The largest absolute Gasteiger partial charge is 0.488 e. The fourth-order valence-corrected chi connectivity index (χ4v) is 3.12. The van der Waals surface area contributed by atoms with Gasteiger partial charge in [-0.2, -0.15) is 0 Å². The maximum absolute atomic E-state index is 13.5. The molecule has 0 aliphatic heterocycles. The molecule has 114 valence electrons. The lowest BCUT2D eigenvalue weighted by Crippen LogP contribution is -2.18. The zero-order valence-corrected chi connectivity index (χ0v) is 13.6. The summed E-state index contributed by atoms with van der Waals surface area (Å²) in [7, 11) is 0. The van der Waals surface area contributed by atoms with E-state index >= 15 is 0 Å². The molecule has 2 aromatic rings. The molecule has 21 heavy (non-hydrogen) atoms. The molecule has 0 bridgehead atoms. The topological polar surface area (TPSA) is 21.3 Å². The Morgan fingerprint density at radius 2 is 1.95 bits per heavy atom. The van der Waals surface area contributed by atoms with E-state index in [2.05, 4.69) is 24.4 Å². The van der Waals surface area contributed by atoms with Crippen LogP contribution in [0.15, 0.2) is 30.3 Å². The van der Waals surface area contributed by atoms with Crippen molar-refractivity contribution in [3.8, 4) is 5.75 Å². The van der Waals surface area contributed by atoms with Gasteiger partial charge in [-0.25, -0.2) is 4.39 Å². The molecule has 0 saturated carbocycles. The molecule has 4 heteroatoms. The molecule has 0 aliphatic carbocycles. The van der Waals surface area contributed by atoms with E-state index in [-0.39, 0.29) is 11.9 Å². The van der Waals surface area contributed by atoms with Gasteiger partial charge in [-0.1, -0.05) is 13.8 Å². The average Bonchev–Trinajstić information content (AvgIpc) is 2.94. The quantitative estimate of drug-likeness (QED) is 0.800. The summed E-state index contributed by atoms with van der Waals surface area (Å²) in [5.74, 6) is 0.516. The number of hydrogen-bond acceptors (Lipinski definition) is 3.